The van der Waals surface area contributed by atoms with Crippen molar-refractivity contribution < 1.29 is 14.3 Å². The van der Waals surface area contributed by atoms with E-state index in [-0.39, 0.29) is 5.91 Å². The maximum atomic E-state index is 12.6. The van der Waals surface area contributed by atoms with E-state index in [0.29, 0.717) is 30.0 Å². The lowest BCUT2D eigenvalue weighted by molar-refractivity contribution is -0.139. The van der Waals surface area contributed by atoms with Crippen LogP contribution in [0, 0.1) is 11.3 Å². The highest BCUT2D eigenvalue weighted by molar-refractivity contribution is 5.98. The lowest BCUT2D eigenvalue weighted by atomic mass is 9.97. The predicted octanol–water partition coefficient (Wildman–Crippen LogP) is 3.49. The Bertz CT molecular complexity index is 551. The van der Waals surface area contributed by atoms with Crippen LogP contribution in [0.2, 0.25) is 0 Å². The molecule has 0 heterocycles. The predicted molar refractivity (Wildman–Crippen MR) is 85.9 cm³/mol. The van der Waals surface area contributed by atoms with Gasteiger partial charge in [0.15, 0.2) is 0 Å². The van der Waals surface area contributed by atoms with Crippen LogP contribution in [0.15, 0.2) is 18.2 Å². The third kappa shape index (κ3) is 4.47. The van der Waals surface area contributed by atoms with Gasteiger partial charge in [0.05, 0.1) is 18.4 Å². The van der Waals surface area contributed by atoms with Crippen LogP contribution >= 0.6 is 0 Å². The molecule has 1 aromatic rings. The first-order valence-corrected chi connectivity index (χ1v) is 7.54. The SMILES string of the molecule is CCCC[C@](C)(OCC)C(=O)Nc1ccc(OC)cc1C#N. The molecule has 0 aliphatic carbocycles. The Labute approximate surface area is 132 Å². The highest BCUT2D eigenvalue weighted by atomic mass is 16.5. The minimum atomic E-state index is -0.891. The van der Waals surface area contributed by atoms with Gasteiger partial charge in [-0.15, -0.1) is 0 Å². The second-order valence-electron chi connectivity index (χ2n) is 5.24. The monoisotopic (exact) mass is 304 g/mol. The molecule has 0 spiro atoms. The summed E-state index contributed by atoms with van der Waals surface area (Å²) in [5.41, 5.74) is -0.0602. The molecule has 5 heteroatoms. The highest BCUT2D eigenvalue weighted by Gasteiger charge is 2.33. The molecule has 0 radical (unpaired) electrons. The molecule has 22 heavy (non-hydrogen) atoms. The topological polar surface area (TPSA) is 71.3 Å². The first kappa shape index (κ1) is 18.0. The Balaban J connectivity index is 2.96. The fourth-order valence-electron chi connectivity index (χ4n) is 2.19. The smallest absolute Gasteiger partial charge is 0.256 e. The Morgan fingerprint density at radius 1 is 1.41 bits per heavy atom. The van der Waals surface area contributed by atoms with E-state index in [1.54, 1.807) is 25.1 Å². The lowest BCUT2D eigenvalue weighted by Gasteiger charge is -2.28. The van der Waals surface area contributed by atoms with Crippen molar-refractivity contribution in [3.8, 4) is 11.8 Å². The van der Waals surface area contributed by atoms with Crippen LogP contribution in [-0.2, 0) is 9.53 Å². The summed E-state index contributed by atoms with van der Waals surface area (Å²) in [7, 11) is 1.53. The van der Waals surface area contributed by atoms with Gasteiger partial charge in [0, 0.05) is 6.61 Å². The first-order chi connectivity index (χ1) is 10.5. The van der Waals surface area contributed by atoms with Gasteiger partial charge in [-0.25, -0.2) is 0 Å². The van der Waals surface area contributed by atoms with Gasteiger partial charge in [0.25, 0.3) is 5.91 Å². The fraction of sp³-hybridized carbons (Fsp3) is 0.529. The summed E-state index contributed by atoms with van der Waals surface area (Å²) in [5, 5.41) is 12.0. The van der Waals surface area contributed by atoms with Crippen molar-refractivity contribution in [3.63, 3.8) is 0 Å². The molecule has 1 rings (SSSR count). The van der Waals surface area contributed by atoms with E-state index in [2.05, 4.69) is 18.3 Å². The van der Waals surface area contributed by atoms with Gasteiger partial charge in [-0.05, 0) is 38.5 Å². The first-order valence-electron chi connectivity index (χ1n) is 7.54. The minimum absolute atomic E-state index is 0.232. The number of methoxy groups -OCH3 is 1. The maximum absolute atomic E-state index is 12.6. The zero-order valence-corrected chi connectivity index (χ0v) is 13.7. The summed E-state index contributed by atoms with van der Waals surface area (Å²) in [4.78, 5) is 12.6. The third-order valence-corrected chi connectivity index (χ3v) is 3.55. The zero-order chi connectivity index (χ0) is 16.6. The standard InChI is InChI=1S/C17H24N2O3/c1-5-7-10-17(3,22-6-2)16(20)19-15-9-8-14(21-4)11-13(15)12-18/h8-9,11H,5-7,10H2,1-4H3,(H,19,20)/t17-/m0/s1. The summed E-state index contributed by atoms with van der Waals surface area (Å²) in [6, 6.07) is 7.04. The van der Waals surface area contributed by atoms with Gasteiger partial charge in [0.1, 0.15) is 17.4 Å². The minimum Gasteiger partial charge on any atom is -0.497 e. The van der Waals surface area contributed by atoms with E-state index in [4.69, 9.17) is 9.47 Å². The van der Waals surface area contributed by atoms with Crippen molar-refractivity contribution in [3.05, 3.63) is 23.8 Å². The molecule has 1 amide bonds. The second kappa shape index (κ2) is 8.40. The van der Waals surface area contributed by atoms with Crippen molar-refractivity contribution in [2.45, 2.75) is 45.6 Å². The molecular formula is C17H24N2O3. The zero-order valence-electron chi connectivity index (χ0n) is 13.7. The second-order valence-corrected chi connectivity index (χ2v) is 5.24. The molecule has 0 aliphatic heterocycles. The number of carbonyl (C=O) groups is 1. The van der Waals surface area contributed by atoms with Crippen LogP contribution in [0.4, 0.5) is 5.69 Å². The molecule has 0 saturated carbocycles. The molecule has 0 saturated heterocycles. The molecule has 0 unspecified atom stereocenters. The number of ether oxygens (including phenoxy) is 2. The van der Waals surface area contributed by atoms with Gasteiger partial charge >= 0.3 is 0 Å². The van der Waals surface area contributed by atoms with Gasteiger partial charge in [-0.2, -0.15) is 5.26 Å². The molecule has 5 nitrogen and oxygen atoms in total. The van der Waals surface area contributed by atoms with E-state index in [1.807, 2.05) is 6.92 Å². The maximum Gasteiger partial charge on any atom is 0.256 e. The largest absolute Gasteiger partial charge is 0.497 e. The Kier molecular flexibility index (Phi) is 6.87. The fourth-order valence-corrected chi connectivity index (χ4v) is 2.19. The third-order valence-electron chi connectivity index (χ3n) is 3.55. The van der Waals surface area contributed by atoms with Crippen molar-refractivity contribution in [2.24, 2.45) is 0 Å². The summed E-state index contributed by atoms with van der Waals surface area (Å²) < 4.78 is 10.8. The quantitative estimate of drug-likeness (QED) is 0.798. The Morgan fingerprint density at radius 2 is 2.14 bits per heavy atom. The van der Waals surface area contributed by atoms with Crippen LogP contribution in [0.3, 0.4) is 0 Å². The number of nitrogens with one attached hydrogen (secondary N) is 1. The van der Waals surface area contributed by atoms with Crippen molar-refractivity contribution in [1.82, 2.24) is 0 Å². The number of nitriles is 1. The normalized spacial score (nSPS) is 13.0. The highest BCUT2D eigenvalue weighted by Crippen LogP contribution is 2.25. The summed E-state index contributed by atoms with van der Waals surface area (Å²) in [5.74, 6) is 0.345. The molecule has 0 bridgehead atoms. The molecular weight excluding hydrogens is 280 g/mol. The number of benzene rings is 1. The van der Waals surface area contributed by atoms with Crippen molar-refractivity contribution >= 4 is 11.6 Å². The molecule has 120 valence electrons. The van der Waals surface area contributed by atoms with Gasteiger partial charge in [0.2, 0.25) is 0 Å². The number of amides is 1. The van der Waals surface area contributed by atoms with E-state index in [0.717, 1.165) is 12.8 Å². The van der Waals surface area contributed by atoms with Crippen molar-refractivity contribution in [1.29, 1.82) is 5.26 Å². The van der Waals surface area contributed by atoms with E-state index in [9.17, 15) is 10.1 Å². The van der Waals surface area contributed by atoms with Crippen LogP contribution in [-0.4, -0.2) is 25.2 Å². The van der Waals surface area contributed by atoms with Crippen LogP contribution in [0.25, 0.3) is 0 Å². The van der Waals surface area contributed by atoms with Crippen LogP contribution in [0.5, 0.6) is 5.75 Å². The average Bonchev–Trinajstić information content (AvgIpc) is 2.53. The number of unbranched alkanes of at least 4 members (excludes halogenated alkanes) is 1. The number of anilines is 1. The number of carbonyl (C=O) groups excluding carboxylic acids is 1. The number of nitrogens with zero attached hydrogens (tertiary/aromatic N) is 1. The van der Waals surface area contributed by atoms with E-state index >= 15 is 0 Å². The van der Waals surface area contributed by atoms with E-state index in [1.165, 1.54) is 7.11 Å². The van der Waals surface area contributed by atoms with Gasteiger partial charge in [-0.3, -0.25) is 4.79 Å². The Hall–Kier alpha value is -2.06. The lowest BCUT2D eigenvalue weighted by Crippen LogP contribution is -2.43. The number of hydrogen-bond donors (Lipinski definition) is 1. The van der Waals surface area contributed by atoms with Crippen LogP contribution < -0.4 is 10.1 Å². The molecule has 1 atom stereocenters. The Morgan fingerprint density at radius 3 is 2.68 bits per heavy atom. The summed E-state index contributed by atoms with van der Waals surface area (Å²) in [6.45, 7) is 6.19. The van der Waals surface area contributed by atoms with Gasteiger partial charge < -0.3 is 14.8 Å². The van der Waals surface area contributed by atoms with Crippen LogP contribution in [0.1, 0.15) is 45.6 Å². The summed E-state index contributed by atoms with van der Waals surface area (Å²) >= 11 is 0. The molecule has 1 N–H and O–H groups in total. The molecule has 1 aromatic carbocycles. The molecule has 0 fully saturated rings. The van der Waals surface area contributed by atoms with Gasteiger partial charge in [-0.1, -0.05) is 19.8 Å². The molecule has 0 aliphatic rings. The van der Waals surface area contributed by atoms with E-state index < -0.39 is 5.60 Å². The summed E-state index contributed by atoms with van der Waals surface area (Å²) in [6.07, 6.45) is 2.53. The van der Waals surface area contributed by atoms with Crippen molar-refractivity contribution in [2.75, 3.05) is 19.0 Å². The number of hydrogen-bond acceptors (Lipinski definition) is 4. The molecule has 0 aromatic heterocycles. The number of rotatable bonds is 8. The average molecular weight is 304 g/mol.